The molecule has 0 atom stereocenters. The number of carbonyl (C=O) groups is 1. The van der Waals surface area contributed by atoms with E-state index in [1.807, 2.05) is 24.3 Å². The summed E-state index contributed by atoms with van der Waals surface area (Å²) in [6.07, 6.45) is 2.06. The number of rotatable bonds is 9. The van der Waals surface area contributed by atoms with Crippen molar-refractivity contribution in [3.8, 4) is 5.75 Å². The minimum atomic E-state index is -3.67. The van der Waals surface area contributed by atoms with Gasteiger partial charge in [-0.3, -0.25) is 4.79 Å². The Morgan fingerprint density at radius 3 is 2.69 bits per heavy atom. The smallest absolute Gasteiger partial charge is 0.251 e. The lowest BCUT2D eigenvalue weighted by molar-refractivity contribution is 0.0954. The first kappa shape index (κ1) is 19.7. The Labute approximate surface area is 153 Å². The largest absolute Gasteiger partial charge is 0.496 e. The van der Waals surface area contributed by atoms with Gasteiger partial charge in [0.15, 0.2) is 0 Å². The molecule has 2 aromatic carbocycles. The maximum absolute atomic E-state index is 12.3. The minimum Gasteiger partial charge on any atom is -0.496 e. The van der Waals surface area contributed by atoms with Gasteiger partial charge in [0, 0.05) is 18.7 Å². The summed E-state index contributed by atoms with van der Waals surface area (Å²) in [5, 5.41) is 2.79. The zero-order chi connectivity index (χ0) is 19.0. The maximum atomic E-state index is 12.3. The fourth-order valence-electron chi connectivity index (χ4n) is 2.38. The molecule has 0 radical (unpaired) electrons. The van der Waals surface area contributed by atoms with Crippen molar-refractivity contribution < 1.29 is 17.9 Å². The third kappa shape index (κ3) is 5.18. The van der Waals surface area contributed by atoms with Crippen LogP contribution in [-0.4, -0.2) is 34.5 Å². The second kappa shape index (κ2) is 9.17. The van der Waals surface area contributed by atoms with Gasteiger partial charge in [0.25, 0.3) is 5.91 Å². The Hall–Kier alpha value is -2.64. The van der Waals surface area contributed by atoms with Gasteiger partial charge in [0.2, 0.25) is 10.0 Å². The average Bonchev–Trinajstić information content (AvgIpc) is 2.66. The van der Waals surface area contributed by atoms with Crippen molar-refractivity contribution in [2.45, 2.75) is 11.3 Å². The fraction of sp³-hybridized carbons (Fsp3) is 0.211. The van der Waals surface area contributed by atoms with E-state index in [1.165, 1.54) is 24.3 Å². The highest BCUT2D eigenvalue weighted by Crippen LogP contribution is 2.17. The quantitative estimate of drug-likeness (QED) is 0.659. The van der Waals surface area contributed by atoms with E-state index in [0.29, 0.717) is 13.0 Å². The fourth-order valence-corrected chi connectivity index (χ4v) is 3.42. The summed E-state index contributed by atoms with van der Waals surface area (Å²) < 4.78 is 31.9. The number of ether oxygens (including phenoxy) is 1. The molecule has 0 unspecified atom stereocenters. The molecule has 0 spiro atoms. The van der Waals surface area contributed by atoms with E-state index in [4.69, 9.17) is 4.74 Å². The van der Waals surface area contributed by atoms with E-state index in [1.54, 1.807) is 13.2 Å². The molecular formula is C19H22N2O4S. The van der Waals surface area contributed by atoms with Crippen LogP contribution in [0.25, 0.3) is 0 Å². The number of sulfonamides is 1. The molecule has 0 fully saturated rings. The topological polar surface area (TPSA) is 84.5 Å². The molecule has 138 valence electrons. The van der Waals surface area contributed by atoms with Gasteiger partial charge in [-0.2, -0.15) is 0 Å². The van der Waals surface area contributed by atoms with Crippen LogP contribution in [0.3, 0.4) is 0 Å². The van der Waals surface area contributed by atoms with Gasteiger partial charge in [-0.1, -0.05) is 30.3 Å². The molecule has 0 aliphatic heterocycles. The van der Waals surface area contributed by atoms with Crippen LogP contribution in [0.5, 0.6) is 5.75 Å². The van der Waals surface area contributed by atoms with Crippen LogP contribution in [-0.2, 0) is 16.4 Å². The molecular weight excluding hydrogens is 352 g/mol. The first-order valence-corrected chi connectivity index (χ1v) is 9.57. The zero-order valence-electron chi connectivity index (χ0n) is 14.6. The van der Waals surface area contributed by atoms with Crippen LogP contribution in [0.4, 0.5) is 0 Å². The number of benzene rings is 2. The van der Waals surface area contributed by atoms with Crippen molar-refractivity contribution in [2.24, 2.45) is 0 Å². The van der Waals surface area contributed by atoms with Crippen LogP contribution in [0.15, 0.2) is 66.1 Å². The van der Waals surface area contributed by atoms with Crippen LogP contribution >= 0.6 is 0 Å². The first-order valence-electron chi connectivity index (χ1n) is 8.08. The highest BCUT2D eigenvalue weighted by molar-refractivity contribution is 7.89. The van der Waals surface area contributed by atoms with Crippen molar-refractivity contribution in [2.75, 3.05) is 20.2 Å². The summed E-state index contributed by atoms with van der Waals surface area (Å²) in [6, 6.07) is 13.5. The SMILES string of the molecule is C=CCNS(=O)(=O)c1cccc(C(=O)NCCc2ccccc2OC)c1. The minimum absolute atomic E-state index is 0.0386. The number of hydrogen-bond acceptors (Lipinski definition) is 4. The normalized spacial score (nSPS) is 11.0. The van der Waals surface area contributed by atoms with E-state index in [9.17, 15) is 13.2 Å². The molecule has 2 aromatic rings. The molecule has 6 nitrogen and oxygen atoms in total. The molecule has 0 saturated heterocycles. The predicted octanol–water partition coefficient (Wildman–Crippen LogP) is 2.13. The zero-order valence-corrected chi connectivity index (χ0v) is 15.4. The highest BCUT2D eigenvalue weighted by atomic mass is 32.2. The first-order chi connectivity index (χ1) is 12.5. The summed E-state index contributed by atoms with van der Waals surface area (Å²) in [5.41, 5.74) is 1.27. The van der Waals surface area contributed by atoms with E-state index < -0.39 is 10.0 Å². The van der Waals surface area contributed by atoms with Crippen molar-refractivity contribution in [3.63, 3.8) is 0 Å². The standard InChI is InChI=1S/C19H22N2O4S/c1-3-12-21-26(23,24)17-9-6-8-16(14-17)19(22)20-13-11-15-7-4-5-10-18(15)25-2/h3-10,14,21H,1,11-13H2,2H3,(H,20,22). The molecule has 26 heavy (non-hydrogen) atoms. The number of hydrogen-bond donors (Lipinski definition) is 2. The molecule has 0 bridgehead atoms. The van der Waals surface area contributed by atoms with Gasteiger partial charge in [-0.25, -0.2) is 13.1 Å². The van der Waals surface area contributed by atoms with Gasteiger partial charge in [-0.15, -0.1) is 6.58 Å². The number of methoxy groups -OCH3 is 1. The summed E-state index contributed by atoms with van der Waals surface area (Å²) in [7, 11) is -2.07. The highest BCUT2D eigenvalue weighted by Gasteiger charge is 2.15. The second-order valence-corrected chi connectivity index (χ2v) is 7.25. The molecule has 0 aliphatic rings. The average molecular weight is 374 g/mol. The summed E-state index contributed by atoms with van der Waals surface area (Å²) in [5.74, 6) is 0.434. The Kier molecular flexibility index (Phi) is 6.94. The maximum Gasteiger partial charge on any atom is 0.251 e. The lowest BCUT2D eigenvalue weighted by Crippen LogP contribution is -2.27. The second-order valence-electron chi connectivity index (χ2n) is 5.49. The van der Waals surface area contributed by atoms with Crippen LogP contribution in [0, 0.1) is 0 Å². The Balaban J connectivity index is 2.02. The van der Waals surface area contributed by atoms with Gasteiger partial charge >= 0.3 is 0 Å². The summed E-state index contributed by atoms with van der Waals surface area (Å²) in [6.45, 7) is 4.00. The van der Waals surface area contributed by atoms with Gasteiger partial charge < -0.3 is 10.1 Å². The number of nitrogens with one attached hydrogen (secondary N) is 2. The molecule has 2 rings (SSSR count). The molecule has 2 N–H and O–H groups in total. The Morgan fingerprint density at radius 2 is 1.96 bits per heavy atom. The van der Waals surface area contributed by atoms with Gasteiger partial charge in [0.05, 0.1) is 12.0 Å². The van der Waals surface area contributed by atoms with Crippen molar-refractivity contribution in [1.82, 2.24) is 10.0 Å². The van der Waals surface area contributed by atoms with Crippen molar-refractivity contribution >= 4 is 15.9 Å². The number of amides is 1. The third-order valence-corrected chi connectivity index (χ3v) is 5.12. The van der Waals surface area contributed by atoms with E-state index in [2.05, 4.69) is 16.6 Å². The number of para-hydroxylation sites is 1. The van der Waals surface area contributed by atoms with Gasteiger partial charge in [-0.05, 0) is 36.2 Å². The van der Waals surface area contributed by atoms with Crippen molar-refractivity contribution in [1.29, 1.82) is 0 Å². The third-order valence-electron chi connectivity index (χ3n) is 3.70. The van der Waals surface area contributed by atoms with Crippen LogP contribution in [0.1, 0.15) is 15.9 Å². The Morgan fingerprint density at radius 1 is 1.19 bits per heavy atom. The lowest BCUT2D eigenvalue weighted by atomic mass is 10.1. The summed E-state index contributed by atoms with van der Waals surface area (Å²) in [4.78, 5) is 12.3. The Bertz CT molecular complexity index is 879. The van der Waals surface area contributed by atoms with Gasteiger partial charge in [0.1, 0.15) is 5.75 Å². The lowest BCUT2D eigenvalue weighted by Gasteiger charge is -2.10. The predicted molar refractivity (Wildman–Crippen MR) is 101 cm³/mol. The van der Waals surface area contributed by atoms with Crippen LogP contribution < -0.4 is 14.8 Å². The molecule has 0 aliphatic carbocycles. The van der Waals surface area contributed by atoms with E-state index in [-0.39, 0.29) is 22.9 Å². The van der Waals surface area contributed by atoms with E-state index >= 15 is 0 Å². The number of carbonyl (C=O) groups excluding carboxylic acids is 1. The molecule has 7 heteroatoms. The van der Waals surface area contributed by atoms with Crippen LogP contribution in [0.2, 0.25) is 0 Å². The van der Waals surface area contributed by atoms with Crippen molar-refractivity contribution in [3.05, 3.63) is 72.3 Å². The van der Waals surface area contributed by atoms with E-state index in [0.717, 1.165) is 11.3 Å². The molecule has 1 amide bonds. The molecule has 0 saturated carbocycles. The molecule has 0 heterocycles. The molecule has 0 aromatic heterocycles. The summed E-state index contributed by atoms with van der Waals surface area (Å²) >= 11 is 0. The monoisotopic (exact) mass is 374 g/mol.